The third-order valence-corrected chi connectivity index (χ3v) is 3.06. The monoisotopic (exact) mass is 252 g/mol. The molecule has 102 valence electrons. The smallest absolute Gasteiger partial charge is 0.123 e. The fourth-order valence-electron chi connectivity index (χ4n) is 2.03. The zero-order valence-corrected chi connectivity index (χ0v) is 11.9. The maximum atomic E-state index is 12.9. The lowest BCUT2D eigenvalue weighted by Gasteiger charge is -2.30. The van der Waals surface area contributed by atoms with Crippen molar-refractivity contribution in [3.63, 3.8) is 0 Å². The summed E-state index contributed by atoms with van der Waals surface area (Å²) in [4.78, 5) is 2.37. The predicted octanol–water partition coefficient (Wildman–Crippen LogP) is 3.19. The van der Waals surface area contributed by atoms with Gasteiger partial charge in [0, 0.05) is 25.2 Å². The molecule has 18 heavy (non-hydrogen) atoms. The van der Waals surface area contributed by atoms with Crippen LogP contribution in [0.25, 0.3) is 0 Å². The van der Waals surface area contributed by atoms with Crippen molar-refractivity contribution >= 4 is 0 Å². The Labute approximate surface area is 110 Å². The van der Waals surface area contributed by atoms with Gasteiger partial charge in [-0.15, -0.1) is 0 Å². The average molecular weight is 252 g/mol. The highest BCUT2D eigenvalue weighted by Crippen LogP contribution is 2.15. The van der Waals surface area contributed by atoms with E-state index in [-0.39, 0.29) is 11.9 Å². The Morgan fingerprint density at radius 2 is 1.61 bits per heavy atom. The first-order valence-electron chi connectivity index (χ1n) is 6.65. The Hall–Kier alpha value is -0.930. The summed E-state index contributed by atoms with van der Waals surface area (Å²) in [6.07, 6.45) is 0. The minimum absolute atomic E-state index is 0.0632. The molecule has 0 aromatic heterocycles. The van der Waals surface area contributed by atoms with Crippen LogP contribution in [0.4, 0.5) is 4.39 Å². The Morgan fingerprint density at radius 1 is 1.06 bits per heavy atom. The van der Waals surface area contributed by atoms with Crippen LogP contribution in [-0.4, -0.2) is 24.0 Å². The van der Waals surface area contributed by atoms with E-state index in [1.165, 1.54) is 12.1 Å². The van der Waals surface area contributed by atoms with Crippen molar-refractivity contribution in [1.82, 2.24) is 4.90 Å². The summed E-state index contributed by atoms with van der Waals surface area (Å²) in [5, 5.41) is 0. The van der Waals surface area contributed by atoms with E-state index in [4.69, 9.17) is 5.73 Å². The predicted molar refractivity (Wildman–Crippen MR) is 74.9 cm³/mol. The van der Waals surface area contributed by atoms with Crippen LogP contribution >= 0.6 is 0 Å². The van der Waals surface area contributed by atoms with Crippen molar-refractivity contribution in [2.75, 3.05) is 13.1 Å². The summed E-state index contributed by atoms with van der Waals surface area (Å²) in [7, 11) is 0. The molecule has 0 heterocycles. The van der Waals surface area contributed by atoms with E-state index < -0.39 is 0 Å². The molecule has 1 aromatic rings. The van der Waals surface area contributed by atoms with E-state index in [1.807, 2.05) is 0 Å². The highest BCUT2D eigenvalue weighted by Gasteiger charge is 2.16. The molecule has 0 amide bonds. The molecule has 1 aromatic carbocycles. The van der Waals surface area contributed by atoms with Crippen LogP contribution < -0.4 is 5.73 Å². The molecule has 0 aliphatic heterocycles. The lowest BCUT2D eigenvalue weighted by Crippen LogP contribution is -2.39. The summed E-state index contributed by atoms with van der Waals surface area (Å²) in [6.45, 7) is 10.6. The van der Waals surface area contributed by atoms with Crippen LogP contribution in [0.2, 0.25) is 0 Å². The maximum absolute atomic E-state index is 12.9. The first-order chi connectivity index (χ1) is 8.40. The van der Waals surface area contributed by atoms with Gasteiger partial charge in [0.05, 0.1) is 0 Å². The normalized spacial score (nSPS) is 13.6. The average Bonchev–Trinajstić information content (AvgIpc) is 2.28. The number of rotatable bonds is 6. The van der Waals surface area contributed by atoms with E-state index in [9.17, 15) is 4.39 Å². The first kappa shape index (κ1) is 15.1. The lowest BCUT2D eigenvalue weighted by atomic mass is 10.1. The van der Waals surface area contributed by atoms with Gasteiger partial charge in [-0.1, -0.05) is 26.0 Å². The van der Waals surface area contributed by atoms with E-state index in [0.29, 0.717) is 12.0 Å². The van der Waals surface area contributed by atoms with Gasteiger partial charge in [0.25, 0.3) is 0 Å². The zero-order chi connectivity index (χ0) is 13.7. The van der Waals surface area contributed by atoms with Crippen molar-refractivity contribution < 1.29 is 4.39 Å². The Kier molecular flexibility index (Phi) is 5.76. The van der Waals surface area contributed by atoms with Gasteiger partial charge in [0.2, 0.25) is 0 Å². The highest BCUT2D eigenvalue weighted by molar-refractivity contribution is 5.19. The molecular weight excluding hydrogens is 227 g/mol. The number of halogens is 1. The van der Waals surface area contributed by atoms with Crippen LogP contribution in [0.5, 0.6) is 0 Å². The minimum atomic E-state index is -0.214. The first-order valence-corrected chi connectivity index (χ1v) is 6.65. The second kappa shape index (κ2) is 6.86. The molecule has 0 bridgehead atoms. The van der Waals surface area contributed by atoms with Crippen molar-refractivity contribution in [3.8, 4) is 0 Å². The molecule has 2 N–H and O–H groups in total. The standard InChI is InChI=1S/C15H25FN2/c1-11(2)9-18(12(3)4)10-15(17)13-5-7-14(16)8-6-13/h5-8,11-12,15H,9-10,17H2,1-4H3. The van der Waals surface area contributed by atoms with Gasteiger partial charge in [0.15, 0.2) is 0 Å². The van der Waals surface area contributed by atoms with E-state index >= 15 is 0 Å². The number of hydrogen-bond acceptors (Lipinski definition) is 2. The quantitative estimate of drug-likeness (QED) is 0.842. The maximum Gasteiger partial charge on any atom is 0.123 e. The number of hydrogen-bond donors (Lipinski definition) is 1. The Balaban J connectivity index is 2.65. The lowest BCUT2D eigenvalue weighted by molar-refractivity contribution is 0.186. The summed E-state index contributed by atoms with van der Waals surface area (Å²) in [6, 6.07) is 6.89. The Bertz CT molecular complexity index is 346. The molecule has 3 heteroatoms. The number of nitrogens with zero attached hydrogens (tertiary/aromatic N) is 1. The molecule has 0 aliphatic carbocycles. The molecule has 0 aliphatic rings. The molecule has 0 spiro atoms. The van der Waals surface area contributed by atoms with E-state index in [0.717, 1.165) is 18.7 Å². The van der Waals surface area contributed by atoms with E-state index in [2.05, 4.69) is 32.6 Å². The highest BCUT2D eigenvalue weighted by atomic mass is 19.1. The van der Waals surface area contributed by atoms with Crippen LogP contribution in [0, 0.1) is 11.7 Å². The molecule has 1 rings (SSSR count). The fourth-order valence-corrected chi connectivity index (χ4v) is 2.03. The van der Waals surface area contributed by atoms with Crippen molar-refractivity contribution in [2.45, 2.75) is 39.8 Å². The summed E-state index contributed by atoms with van der Waals surface area (Å²) < 4.78 is 12.9. The molecule has 0 saturated carbocycles. The van der Waals surface area contributed by atoms with Crippen molar-refractivity contribution in [1.29, 1.82) is 0 Å². The summed E-state index contributed by atoms with van der Waals surface area (Å²) in [5.41, 5.74) is 7.19. The minimum Gasteiger partial charge on any atom is -0.323 e. The molecule has 0 saturated heterocycles. The zero-order valence-electron chi connectivity index (χ0n) is 11.9. The van der Waals surface area contributed by atoms with E-state index in [1.54, 1.807) is 12.1 Å². The fraction of sp³-hybridized carbons (Fsp3) is 0.600. The second-order valence-electron chi connectivity index (χ2n) is 5.60. The topological polar surface area (TPSA) is 29.3 Å². The second-order valence-corrected chi connectivity index (χ2v) is 5.60. The van der Waals surface area contributed by atoms with Crippen molar-refractivity contribution in [2.24, 2.45) is 11.7 Å². The van der Waals surface area contributed by atoms with Crippen LogP contribution in [0.1, 0.15) is 39.3 Å². The number of nitrogens with two attached hydrogens (primary N) is 1. The van der Waals surface area contributed by atoms with Gasteiger partial charge >= 0.3 is 0 Å². The van der Waals surface area contributed by atoms with Gasteiger partial charge in [-0.3, -0.25) is 4.90 Å². The molecule has 0 fully saturated rings. The third kappa shape index (κ3) is 4.75. The molecule has 0 radical (unpaired) electrons. The van der Waals surface area contributed by atoms with Gasteiger partial charge in [-0.25, -0.2) is 4.39 Å². The molecule has 1 unspecified atom stereocenters. The van der Waals surface area contributed by atoms with Gasteiger partial charge in [0.1, 0.15) is 5.82 Å². The van der Waals surface area contributed by atoms with Gasteiger partial charge in [-0.2, -0.15) is 0 Å². The SMILES string of the molecule is CC(C)CN(CC(N)c1ccc(F)cc1)C(C)C. The van der Waals surface area contributed by atoms with Gasteiger partial charge < -0.3 is 5.73 Å². The van der Waals surface area contributed by atoms with Crippen molar-refractivity contribution in [3.05, 3.63) is 35.6 Å². The Morgan fingerprint density at radius 3 is 2.06 bits per heavy atom. The van der Waals surface area contributed by atoms with Crippen LogP contribution in [0.15, 0.2) is 24.3 Å². The third-order valence-electron chi connectivity index (χ3n) is 3.06. The number of benzene rings is 1. The molecule has 2 nitrogen and oxygen atoms in total. The van der Waals surface area contributed by atoms with Crippen LogP contribution in [-0.2, 0) is 0 Å². The van der Waals surface area contributed by atoms with Gasteiger partial charge in [-0.05, 0) is 37.5 Å². The molecule has 1 atom stereocenters. The van der Waals surface area contributed by atoms with Crippen LogP contribution in [0.3, 0.4) is 0 Å². The largest absolute Gasteiger partial charge is 0.323 e. The summed E-state index contributed by atoms with van der Waals surface area (Å²) in [5.74, 6) is 0.404. The summed E-state index contributed by atoms with van der Waals surface area (Å²) >= 11 is 0. The molecular formula is C15H25FN2.